The fourth-order valence-corrected chi connectivity index (χ4v) is 3.60. The lowest BCUT2D eigenvalue weighted by Crippen LogP contribution is -2.37. The van der Waals surface area contributed by atoms with Crippen molar-refractivity contribution in [2.75, 3.05) is 13.7 Å². The number of methoxy groups -OCH3 is 1. The Morgan fingerprint density at radius 1 is 1.36 bits per heavy atom. The van der Waals surface area contributed by atoms with E-state index in [4.69, 9.17) is 16.3 Å². The molecule has 3 heterocycles. The summed E-state index contributed by atoms with van der Waals surface area (Å²) >= 11 is 5.95. The molecule has 0 bridgehead atoms. The lowest BCUT2D eigenvalue weighted by molar-refractivity contribution is -0.0313. The number of nitrogens with zero attached hydrogens (tertiary/aromatic N) is 4. The first-order valence-corrected chi connectivity index (χ1v) is 8.56. The number of aliphatic hydroxyl groups is 1. The number of aliphatic hydroxyl groups excluding tert-OH is 1. The number of hydrogen-bond donors (Lipinski definition) is 1. The van der Waals surface area contributed by atoms with Gasteiger partial charge < -0.3 is 9.84 Å². The van der Waals surface area contributed by atoms with Gasteiger partial charge in [0.05, 0.1) is 18.3 Å². The average molecular weight is 359 g/mol. The molecule has 25 heavy (non-hydrogen) atoms. The van der Waals surface area contributed by atoms with Crippen molar-refractivity contribution in [1.82, 2.24) is 19.5 Å². The maximum absolute atomic E-state index is 10.9. The highest BCUT2D eigenvalue weighted by Crippen LogP contribution is 2.36. The molecule has 1 N–H and O–H groups in total. The molecule has 0 aliphatic carbocycles. The van der Waals surface area contributed by atoms with Crippen LogP contribution in [0.2, 0.25) is 5.02 Å². The molecule has 1 aliphatic heterocycles. The van der Waals surface area contributed by atoms with E-state index in [1.807, 2.05) is 11.0 Å². The lowest BCUT2D eigenvalue weighted by atomic mass is 9.93. The quantitative estimate of drug-likeness (QED) is 0.779. The molecule has 2 aromatic heterocycles. The molecule has 2 atom stereocenters. The number of benzene rings is 1. The summed E-state index contributed by atoms with van der Waals surface area (Å²) in [6, 6.07) is 7.97. The second kappa shape index (κ2) is 6.29. The van der Waals surface area contributed by atoms with Gasteiger partial charge in [0.25, 0.3) is 0 Å². The van der Waals surface area contributed by atoms with Crippen LogP contribution in [0.25, 0.3) is 5.65 Å². The molecular weight excluding hydrogens is 340 g/mol. The van der Waals surface area contributed by atoms with Gasteiger partial charge in [0.1, 0.15) is 11.4 Å². The minimum atomic E-state index is -0.800. The van der Waals surface area contributed by atoms with Crippen molar-refractivity contribution in [3.8, 4) is 5.75 Å². The molecule has 0 radical (unpaired) electrons. The number of ether oxygens (including phenoxy) is 1. The van der Waals surface area contributed by atoms with Crippen LogP contribution in [0.15, 0.2) is 36.7 Å². The van der Waals surface area contributed by atoms with Gasteiger partial charge in [0, 0.05) is 24.8 Å². The monoisotopic (exact) mass is 358 g/mol. The zero-order valence-corrected chi connectivity index (χ0v) is 14.8. The van der Waals surface area contributed by atoms with Crippen LogP contribution in [0.4, 0.5) is 0 Å². The van der Waals surface area contributed by atoms with Gasteiger partial charge in [0.2, 0.25) is 0 Å². The molecule has 7 heteroatoms. The number of hydrogen-bond acceptors (Lipinski definition) is 5. The van der Waals surface area contributed by atoms with Crippen molar-refractivity contribution >= 4 is 17.2 Å². The zero-order chi connectivity index (χ0) is 17.6. The minimum Gasteiger partial charge on any atom is -0.497 e. The van der Waals surface area contributed by atoms with Gasteiger partial charge in [-0.05, 0) is 36.6 Å². The Hall–Kier alpha value is -2.15. The molecule has 0 amide bonds. The van der Waals surface area contributed by atoms with Gasteiger partial charge in [0.15, 0.2) is 11.9 Å². The molecule has 0 saturated heterocycles. The smallest absolute Gasteiger partial charge is 0.155 e. The zero-order valence-electron chi connectivity index (χ0n) is 14.1. The Labute approximate surface area is 150 Å². The van der Waals surface area contributed by atoms with E-state index in [2.05, 4.69) is 29.1 Å². The Bertz CT molecular complexity index is 927. The van der Waals surface area contributed by atoms with Crippen LogP contribution in [-0.4, -0.2) is 38.3 Å². The standard InChI is InChI=1S/C18H19ClN4O2/c1-11-15-4-3-14(25-2)7-12(15)5-6-22(11)18(24)16-8-17-20-9-13(19)10-23(17)21-16/h3-4,7-11,18,24H,5-6H2,1-2H3. The van der Waals surface area contributed by atoms with Crippen LogP contribution >= 0.6 is 11.6 Å². The largest absolute Gasteiger partial charge is 0.497 e. The third kappa shape index (κ3) is 2.86. The summed E-state index contributed by atoms with van der Waals surface area (Å²) < 4.78 is 6.90. The molecule has 1 aliphatic rings. The minimum absolute atomic E-state index is 0.0750. The summed E-state index contributed by atoms with van der Waals surface area (Å²) in [6.45, 7) is 2.84. The van der Waals surface area contributed by atoms with Gasteiger partial charge in [-0.15, -0.1) is 0 Å². The van der Waals surface area contributed by atoms with Crippen LogP contribution in [0.3, 0.4) is 0 Å². The van der Waals surface area contributed by atoms with Gasteiger partial charge in [-0.3, -0.25) is 4.90 Å². The van der Waals surface area contributed by atoms with Crippen molar-refractivity contribution in [1.29, 1.82) is 0 Å². The van der Waals surface area contributed by atoms with E-state index in [1.165, 1.54) is 11.1 Å². The van der Waals surface area contributed by atoms with Crippen molar-refractivity contribution in [3.05, 3.63) is 58.5 Å². The van der Waals surface area contributed by atoms with Crippen LogP contribution in [-0.2, 0) is 6.42 Å². The molecule has 4 rings (SSSR count). The highest BCUT2D eigenvalue weighted by Gasteiger charge is 2.31. The number of rotatable bonds is 3. The van der Waals surface area contributed by atoms with Gasteiger partial charge in [-0.2, -0.15) is 5.10 Å². The molecule has 0 saturated carbocycles. The van der Waals surface area contributed by atoms with Crippen LogP contribution in [0.1, 0.15) is 36.0 Å². The highest BCUT2D eigenvalue weighted by atomic mass is 35.5. The molecule has 1 aromatic carbocycles. The van der Waals surface area contributed by atoms with E-state index in [1.54, 1.807) is 30.1 Å². The second-order valence-electron chi connectivity index (χ2n) is 6.25. The topological polar surface area (TPSA) is 62.9 Å². The Balaban J connectivity index is 1.64. The average Bonchev–Trinajstić information content (AvgIpc) is 3.04. The SMILES string of the molecule is COc1ccc2c(c1)CCN(C(O)c1cc3ncc(Cl)cn3n1)C2C. The first-order chi connectivity index (χ1) is 12.1. The maximum Gasteiger partial charge on any atom is 0.155 e. The Kier molecular flexibility index (Phi) is 4.11. The van der Waals surface area contributed by atoms with E-state index >= 15 is 0 Å². The summed E-state index contributed by atoms with van der Waals surface area (Å²) in [7, 11) is 1.67. The summed E-state index contributed by atoms with van der Waals surface area (Å²) in [5, 5.41) is 15.8. The second-order valence-corrected chi connectivity index (χ2v) is 6.68. The normalized spacial score (nSPS) is 19.0. The number of fused-ring (bicyclic) bond motifs is 2. The van der Waals surface area contributed by atoms with Crippen LogP contribution in [0.5, 0.6) is 5.75 Å². The molecule has 130 valence electrons. The third-order valence-electron chi connectivity index (χ3n) is 4.82. The molecule has 2 unspecified atom stereocenters. The summed E-state index contributed by atoms with van der Waals surface area (Å²) in [5.41, 5.74) is 3.70. The van der Waals surface area contributed by atoms with Crippen molar-refractivity contribution in [2.24, 2.45) is 0 Å². The van der Waals surface area contributed by atoms with Crippen molar-refractivity contribution < 1.29 is 9.84 Å². The van der Waals surface area contributed by atoms with Gasteiger partial charge in [-0.25, -0.2) is 9.50 Å². The predicted molar refractivity (Wildman–Crippen MR) is 94.8 cm³/mol. The summed E-state index contributed by atoms with van der Waals surface area (Å²) in [6.07, 6.45) is 3.31. The fraction of sp³-hybridized carbons (Fsp3) is 0.333. The van der Waals surface area contributed by atoms with Crippen LogP contribution < -0.4 is 4.74 Å². The third-order valence-corrected chi connectivity index (χ3v) is 5.01. The van der Waals surface area contributed by atoms with Crippen LogP contribution in [0, 0.1) is 0 Å². The van der Waals surface area contributed by atoms with Gasteiger partial charge >= 0.3 is 0 Å². The number of halogens is 1. The van der Waals surface area contributed by atoms with E-state index < -0.39 is 6.23 Å². The van der Waals surface area contributed by atoms with E-state index in [-0.39, 0.29) is 6.04 Å². The van der Waals surface area contributed by atoms with E-state index in [9.17, 15) is 5.11 Å². The Morgan fingerprint density at radius 2 is 2.20 bits per heavy atom. The lowest BCUT2D eigenvalue weighted by Gasteiger charge is -2.37. The first-order valence-electron chi connectivity index (χ1n) is 8.18. The summed E-state index contributed by atoms with van der Waals surface area (Å²) in [5.74, 6) is 0.864. The molecular formula is C18H19ClN4O2. The molecule has 0 spiro atoms. The predicted octanol–water partition coefficient (Wildman–Crippen LogP) is 3.00. The fourth-order valence-electron chi connectivity index (χ4n) is 3.46. The highest BCUT2D eigenvalue weighted by molar-refractivity contribution is 6.30. The maximum atomic E-state index is 10.9. The molecule has 0 fully saturated rings. The van der Waals surface area contributed by atoms with E-state index in [0.29, 0.717) is 16.4 Å². The van der Waals surface area contributed by atoms with E-state index in [0.717, 1.165) is 18.7 Å². The van der Waals surface area contributed by atoms with Crippen molar-refractivity contribution in [2.45, 2.75) is 25.6 Å². The first kappa shape index (κ1) is 16.3. The Morgan fingerprint density at radius 3 is 3.00 bits per heavy atom. The molecule has 6 nitrogen and oxygen atoms in total. The number of aromatic nitrogens is 3. The molecule has 3 aromatic rings. The summed E-state index contributed by atoms with van der Waals surface area (Å²) in [4.78, 5) is 6.27. The van der Waals surface area contributed by atoms with Gasteiger partial charge in [-0.1, -0.05) is 17.7 Å². The van der Waals surface area contributed by atoms with Crippen molar-refractivity contribution in [3.63, 3.8) is 0 Å².